The highest BCUT2D eigenvalue weighted by Gasteiger charge is 2.14. The van der Waals surface area contributed by atoms with Gasteiger partial charge < -0.3 is 14.5 Å². The lowest BCUT2D eigenvalue weighted by Crippen LogP contribution is -2.29. The van der Waals surface area contributed by atoms with E-state index in [2.05, 4.69) is 10.1 Å². The first-order chi connectivity index (χ1) is 6.40. The lowest BCUT2D eigenvalue weighted by Gasteiger charge is -2.25. The van der Waals surface area contributed by atoms with E-state index in [-0.39, 0.29) is 6.61 Å². The fourth-order valence-electron chi connectivity index (χ4n) is 1.65. The van der Waals surface area contributed by atoms with Crippen molar-refractivity contribution in [1.82, 2.24) is 5.16 Å². The highest BCUT2D eigenvalue weighted by Crippen LogP contribution is 2.19. The zero-order chi connectivity index (χ0) is 9.10. The van der Waals surface area contributed by atoms with Gasteiger partial charge in [-0.25, -0.2) is 0 Å². The van der Waals surface area contributed by atoms with Gasteiger partial charge in [-0.05, 0) is 19.3 Å². The van der Waals surface area contributed by atoms with E-state index >= 15 is 0 Å². The molecule has 0 atom stereocenters. The smallest absolute Gasteiger partial charge is 0.172 e. The molecule has 1 aliphatic rings. The lowest BCUT2D eigenvalue weighted by molar-refractivity contribution is 0.229. The van der Waals surface area contributed by atoms with Gasteiger partial charge >= 0.3 is 0 Å². The van der Waals surface area contributed by atoms with Crippen LogP contribution in [0.5, 0.6) is 0 Å². The fraction of sp³-hybridized carbons (Fsp3) is 0.667. The monoisotopic (exact) mass is 182 g/mol. The van der Waals surface area contributed by atoms with Gasteiger partial charge in [0, 0.05) is 19.2 Å². The molecule has 1 fully saturated rings. The third-order valence-electron chi connectivity index (χ3n) is 2.38. The Hall–Kier alpha value is -1.03. The van der Waals surface area contributed by atoms with Gasteiger partial charge in [-0.15, -0.1) is 0 Å². The molecule has 2 rings (SSSR count). The van der Waals surface area contributed by atoms with Gasteiger partial charge in [0.15, 0.2) is 11.6 Å². The molecule has 0 bridgehead atoms. The number of aliphatic hydroxyl groups excluding tert-OH is 1. The summed E-state index contributed by atoms with van der Waals surface area (Å²) in [5.41, 5.74) is 0. The lowest BCUT2D eigenvalue weighted by atomic mass is 10.1. The average Bonchev–Trinajstić information content (AvgIpc) is 2.67. The molecule has 1 aromatic heterocycles. The fourth-order valence-corrected chi connectivity index (χ4v) is 1.65. The molecule has 0 aromatic carbocycles. The van der Waals surface area contributed by atoms with Crippen molar-refractivity contribution >= 4 is 5.82 Å². The molecule has 1 N–H and O–H groups in total. The highest BCUT2D eigenvalue weighted by molar-refractivity contribution is 5.38. The average molecular weight is 182 g/mol. The predicted octanol–water partition coefficient (Wildman–Crippen LogP) is 1.16. The summed E-state index contributed by atoms with van der Waals surface area (Å²) in [7, 11) is 0. The molecule has 0 aliphatic carbocycles. The third-order valence-corrected chi connectivity index (χ3v) is 2.38. The van der Waals surface area contributed by atoms with Crippen LogP contribution in [0.15, 0.2) is 10.6 Å². The maximum atomic E-state index is 8.80. The topological polar surface area (TPSA) is 49.5 Å². The van der Waals surface area contributed by atoms with E-state index < -0.39 is 0 Å². The van der Waals surface area contributed by atoms with Crippen LogP contribution < -0.4 is 4.90 Å². The summed E-state index contributed by atoms with van der Waals surface area (Å²) >= 11 is 0. The quantitative estimate of drug-likeness (QED) is 0.745. The van der Waals surface area contributed by atoms with Gasteiger partial charge in [0.1, 0.15) is 6.61 Å². The Morgan fingerprint density at radius 1 is 1.38 bits per heavy atom. The summed E-state index contributed by atoms with van der Waals surface area (Å²) in [4.78, 5) is 2.20. The molecule has 13 heavy (non-hydrogen) atoms. The molecule has 1 aromatic rings. The van der Waals surface area contributed by atoms with Gasteiger partial charge in [0.2, 0.25) is 0 Å². The molecule has 0 spiro atoms. The van der Waals surface area contributed by atoms with Crippen molar-refractivity contribution in [2.24, 2.45) is 0 Å². The first-order valence-electron chi connectivity index (χ1n) is 4.71. The molecule has 1 aliphatic heterocycles. The van der Waals surface area contributed by atoms with Crippen LogP contribution in [0.1, 0.15) is 25.0 Å². The molecule has 4 nitrogen and oxygen atoms in total. The number of nitrogens with zero attached hydrogens (tertiary/aromatic N) is 2. The van der Waals surface area contributed by atoms with Gasteiger partial charge in [0.05, 0.1) is 0 Å². The summed E-state index contributed by atoms with van der Waals surface area (Å²) in [6, 6.07) is 1.81. The van der Waals surface area contributed by atoms with Crippen LogP contribution in [-0.2, 0) is 6.61 Å². The van der Waals surface area contributed by atoms with Crippen LogP contribution in [0, 0.1) is 0 Å². The normalized spacial score (nSPS) is 17.8. The van der Waals surface area contributed by atoms with Crippen molar-refractivity contribution in [2.45, 2.75) is 25.9 Å². The van der Waals surface area contributed by atoms with Crippen molar-refractivity contribution in [2.75, 3.05) is 18.0 Å². The van der Waals surface area contributed by atoms with Gasteiger partial charge in [0.25, 0.3) is 0 Å². The minimum atomic E-state index is -0.0686. The molecule has 4 heteroatoms. The van der Waals surface area contributed by atoms with Crippen molar-refractivity contribution < 1.29 is 9.63 Å². The number of piperidine rings is 1. The Labute approximate surface area is 77.1 Å². The van der Waals surface area contributed by atoms with Gasteiger partial charge in [-0.1, -0.05) is 5.16 Å². The standard InChI is InChI=1S/C9H14N2O2/c12-7-8-6-9(10-13-8)11-4-2-1-3-5-11/h6,12H,1-5,7H2. The minimum absolute atomic E-state index is 0.0686. The zero-order valence-corrected chi connectivity index (χ0v) is 7.57. The summed E-state index contributed by atoms with van der Waals surface area (Å²) < 4.78 is 4.93. The van der Waals surface area contributed by atoms with Crippen LogP contribution in [0.3, 0.4) is 0 Å². The summed E-state index contributed by atoms with van der Waals surface area (Å²) in [6.07, 6.45) is 3.75. The number of hydrogen-bond donors (Lipinski definition) is 1. The Morgan fingerprint density at radius 3 is 2.77 bits per heavy atom. The van der Waals surface area contributed by atoms with E-state index in [4.69, 9.17) is 9.63 Å². The second-order valence-corrected chi connectivity index (χ2v) is 3.36. The Balaban J connectivity index is 2.05. The maximum Gasteiger partial charge on any atom is 0.172 e. The Kier molecular flexibility index (Phi) is 2.49. The number of hydrogen-bond acceptors (Lipinski definition) is 4. The summed E-state index contributed by atoms with van der Waals surface area (Å²) in [5, 5.41) is 12.7. The first-order valence-corrected chi connectivity index (χ1v) is 4.71. The molecule has 72 valence electrons. The van der Waals surface area contributed by atoms with Crippen LogP contribution >= 0.6 is 0 Å². The van der Waals surface area contributed by atoms with E-state index in [1.807, 2.05) is 6.07 Å². The minimum Gasteiger partial charge on any atom is -0.388 e. The van der Waals surface area contributed by atoms with Crippen LogP contribution in [0.4, 0.5) is 5.82 Å². The second-order valence-electron chi connectivity index (χ2n) is 3.36. The van der Waals surface area contributed by atoms with Gasteiger partial charge in [-0.2, -0.15) is 0 Å². The molecular formula is C9H14N2O2. The molecular weight excluding hydrogens is 168 g/mol. The van der Waals surface area contributed by atoms with E-state index in [0.29, 0.717) is 5.76 Å². The van der Waals surface area contributed by atoms with Crippen LogP contribution in [0.25, 0.3) is 0 Å². The molecule has 0 amide bonds. The van der Waals surface area contributed by atoms with Crippen LogP contribution in [0.2, 0.25) is 0 Å². The SMILES string of the molecule is OCc1cc(N2CCCCC2)no1. The molecule has 1 saturated heterocycles. The predicted molar refractivity (Wildman–Crippen MR) is 48.5 cm³/mol. The zero-order valence-electron chi connectivity index (χ0n) is 7.57. The van der Waals surface area contributed by atoms with Crippen molar-refractivity contribution in [3.63, 3.8) is 0 Å². The molecule has 2 heterocycles. The van der Waals surface area contributed by atoms with E-state index in [1.165, 1.54) is 19.3 Å². The number of aromatic nitrogens is 1. The van der Waals surface area contributed by atoms with Crippen molar-refractivity contribution in [3.05, 3.63) is 11.8 Å². The Bertz CT molecular complexity index is 266. The second kappa shape index (κ2) is 3.79. The first kappa shape index (κ1) is 8.56. The molecule has 0 saturated carbocycles. The maximum absolute atomic E-state index is 8.80. The Morgan fingerprint density at radius 2 is 2.15 bits per heavy atom. The largest absolute Gasteiger partial charge is 0.388 e. The van der Waals surface area contributed by atoms with Crippen molar-refractivity contribution in [3.8, 4) is 0 Å². The number of aliphatic hydroxyl groups is 1. The highest BCUT2D eigenvalue weighted by atomic mass is 16.5. The van der Waals surface area contributed by atoms with Crippen molar-refractivity contribution in [1.29, 1.82) is 0 Å². The third kappa shape index (κ3) is 1.83. The van der Waals surface area contributed by atoms with E-state index in [1.54, 1.807) is 0 Å². The molecule has 0 unspecified atom stereocenters. The summed E-state index contributed by atoms with van der Waals surface area (Å²) in [6.45, 7) is 2.04. The number of anilines is 1. The van der Waals surface area contributed by atoms with E-state index in [0.717, 1.165) is 18.9 Å². The molecule has 0 radical (unpaired) electrons. The van der Waals surface area contributed by atoms with E-state index in [9.17, 15) is 0 Å². The van der Waals surface area contributed by atoms with Gasteiger partial charge in [-0.3, -0.25) is 0 Å². The number of rotatable bonds is 2. The summed E-state index contributed by atoms with van der Waals surface area (Å²) in [5.74, 6) is 1.41. The van der Waals surface area contributed by atoms with Crippen LogP contribution in [-0.4, -0.2) is 23.4 Å².